The standard InChI is InChI=1S/C16H15Cl2FN2O3S/c1-2-21(25(23,24)15-5-3-13(19)4-6-15)10-16(22)20-14-8-11(17)7-12(18)9-14/h3-9H,2,10H2,1H3,(H,20,22). The molecule has 0 saturated carbocycles. The lowest BCUT2D eigenvalue weighted by atomic mass is 10.3. The van der Waals surface area contributed by atoms with Crippen molar-refractivity contribution in [2.75, 3.05) is 18.4 Å². The van der Waals surface area contributed by atoms with Crippen LogP contribution in [-0.2, 0) is 14.8 Å². The second-order valence-corrected chi connectivity index (χ2v) is 7.90. The van der Waals surface area contributed by atoms with Crippen molar-refractivity contribution in [1.82, 2.24) is 4.31 Å². The van der Waals surface area contributed by atoms with E-state index >= 15 is 0 Å². The van der Waals surface area contributed by atoms with E-state index in [0.717, 1.165) is 28.6 Å². The van der Waals surface area contributed by atoms with Crippen LogP contribution < -0.4 is 5.32 Å². The van der Waals surface area contributed by atoms with Crippen LogP contribution in [0.15, 0.2) is 47.4 Å². The Hall–Kier alpha value is -1.67. The van der Waals surface area contributed by atoms with Gasteiger partial charge in [-0.25, -0.2) is 12.8 Å². The molecule has 0 radical (unpaired) electrons. The zero-order valence-electron chi connectivity index (χ0n) is 13.2. The van der Waals surface area contributed by atoms with Crippen LogP contribution in [0.4, 0.5) is 10.1 Å². The smallest absolute Gasteiger partial charge is 0.243 e. The van der Waals surface area contributed by atoms with E-state index in [0.29, 0.717) is 15.7 Å². The van der Waals surface area contributed by atoms with Gasteiger partial charge in [-0.1, -0.05) is 30.1 Å². The predicted octanol–water partition coefficient (Wildman–Crippen LogP) is 3.78. The summed E-state index contributed by atoms with van der Waals surface area (Å²) in [6.45, 7) is 1.27. The Balaban J connectivity index is 2.15. The Morgan fingerprint density at radius 3 is 2.20 bits per heavy atom. The highest BCUT2D eigenvalue weighted by Gasteiger charge is 2.25. The molecular weight excluding hydrogens is 390 g/mol. The molecule has 1 N–H and O–H groups in total. The summed E-state index contributed by atoms with van der Waals surface area (Å²) in [5, 5.41) is 3.23. The Kier molecular flexibility index (Phi) is 6.40. The van der Waals surface area contributed by atoms with Crippen LogP contribution in [0.3, 0.4) is 0 Å². The van der Waals surface area contributed by atoms with E-state index < -0.39 is 28.3 Å². The molecule has 0 heterocycles. The number of carbonyl (C=O) groups excluding carboxylic acids is 1. The lowest BCUT2D eigenvalue weighted by Gasteiger charge is -2.20. The number of nitrogens with one attached hydrogen (secondary N) is 1. The van der Waals surface area contributed by atoms with Gasteiger partial charge in [0.15, 0.2) is 0 Å². The molecule has 0 aromatic heterocycles. The predicted molar refractivity (Wildman–Crippen MR) is 95.9 cm³/mol. The summed E-state index contributed by atoms with van der Waals surface area (Å²) in [6, 6.07) is 8.91. The van der Waals surface area contributed by atoms with Gasteiger partial charge in [0.2, 0.25) is 15.9 Å². The summed E-state index contributed by atoms with van der Waals surface area (Å²) in [7, 11) is -3.92. The Bertz CT molecular complexity index is 853. The van der Waals surface area contributed by atoms with Crippen LogP contribution in [0.1, 0.15) is 6.92 Å². The van der Waals surface area contributed by atoms with Gasteiger partial charge in [0.05, 0.1) is 11.4 Å². The van der Waals surface area contributed by atoms with Crippen LogP contribution in [0.5, 0.6) is 0 Å². The average Bonchev–Trinajstić information content (AvgIpc) is 2.51. The fourth-order valence-electron chi connectivity index (χ4n) is 2.11. The number of hydrogen-bond donors (Lipinski definition) is 1. The number of hydrogen-bond acceptors (Lipinski definition) is 3. The second kappa shape index (κ2) is 8.14. The highest BCUT2D eigenvalue weighted by atomic mass is 35.5. The summed E-state index contributed by atoms with van der Waals surface area (Å²) < 4.78 is 39.1. The number of halogens is 3. The van der Waals surface area contributed by atoms with Gasteiger partial charge in [-0.05, 0) is 42.5 Å². The number of carbonyl (C=O) groups is 1. The van der Waals surface area contributed by atoms with Gasteiger partial charge in [0, 0.05) is 22.3 Å². The minimum Gasteiger partial charge on any atom is -0.325 e. The molecule has 0 atom stereocenters. The minimum absolute atomic E-state index is 0.0728. The number of likely N-dealkylation sites (N-methyl/N-ethyl adjacent to an activating group) is 1. The Morgan fingerprint density at radius 2 is 1.68 bits per heavy atom. The van der Waals surface area contributed by atoms with Gasteiger partial charge in [-0.15, -0.1) is 0 Å². The van der Waals surface area contributed by atoms with Crippen LogP contribution in [-0.4, -0.2) is 31.7 Å². The van der Waals surface area contributed by atoms with E-state index in [1.807, 2.05) is 0 Å². The number of rotatable bonds is 6. The number of benzene rings is 2. The molecule has 2 rings (SSSR count). The summed E-state index contributed by atoms with van der Waals surface area (Å²) >= 11 is 11.7. The summed E-state index contributed by atoms with van der Waals surface area (Å²) in [4.78, 5) is 12.1. The molecule has 0 bridgehead atoms. The zero-order chi connectivity index (χ0) is 18.6. The first-order chi connectivity index (χ1) is 11.7. The maximum absolute atomic E-state index is 13.0. The van der Waals surface area contributed by atoms with Crippen LogP contribution in [0.25, 0.3) is 0 Å². The highest BCUT2D eigenvalue weighted by molar-refractivity contribution is 7.89. The molecule has 0 fully saturated rings. The third-order valence-electron chi connectivity index (χ3n) is 3.27. The highest BCUT2D eigenvalue weighted by Crippen LogP contribution is 2.22. The second-order valence-electron chi connectivity index (χ2n) is 5.09. The molecule has 134 valence electrons. The number of sulfonamides is 1. The number of amides is 1. The quantitative estimate of drug-likeness (QED) is 0.796. The normalized spacial score (nSPS) is 11.6. The van der Waals surface area contributed by atoms with Crippen molar-refractivity contribution < 1.29 is 17.6 Å². The van der Waals surface area contributed by atoms with E-state index in [-0.39, 0.29) is 11.4 Å². The van der Waals surface area contributed by atoms with Crippen molar-refractivity contribution in [2.45, 2.75) is 11.8 Å². The largest absolute Gasteiger partial charge is 0.325 e. The molecule has 0 aliphatic heterocycles. The monoisotopic (exact) mass is 404 g/mol. The van der Waals surface area contributed by atoms with Crippen LogP contribution in [0, 0.1) is 5.82 Å². The molecule has 2 aromatic carbocycles. The SMILES string of the molecule is CCN(CC(=O)Nc1cc(Cl)cc(Cl)c1)S(=O)(=O)c1ccc(F)cc1. The minimum atomic E-state index is -3.92. The first-order valence-corrected chi connectivity index (χ1v) is 9.43. The summed E-state index contributed by atoms with van der Waals surface area (Å²) in [5.74, 6) is -1.09. The van der Waals surface area contributed by atoms with Gasteiger partial charge in [0.1, 0.15) is 5.82 Å². The van der Waals surface area contributed by atoms with E-state index in [1.165, 1.54) is 18.2 Å². The topological polar surface area (TPSA) is 66.5 Å². The lowest BCUT2D eigenvalue weighted by Crippen LogP contribution is -2.37. The molecule has 5 nitrogen and oxygen atoms in total. The van der Waals surface area contributed by atoms with Gasteiger partial charge < -0.3 is 5.32 Å². The van der Waals surface area contributed by atoms with Crippen molar-refractivity contribution in [1.29, 1.82) is 0 Å². The maximum Gasteiger partial charge on any atom is 0.243 e. The molecule has 9 heteroatoms. The Morgan fingerprint density at radius 1 is 1.12 bits per heavy atom. The molecule has 2 aromatic rings. The molecule has 0 saturated heterocycles. The van der Waals surface area contributed by atoms with Crippen LogP contribution >= 0.6 is 23.2 Å². The van der Waals surface area contributed by atoms with Crippen molar-refractivity contribution in [3.63, 3.8) is 0 Å². The van der Waals surface area contributed by atoms with Crippen molar-refractivity contribution in [2.24, 2.45) is 0 Å². The van der Waals surface area contributed by atoms with Crippen molar-refractivity contribution >= 4 is 44.8 Å². The number of nitrogens with zero attached hydrogens (tertiary/aromatic N) is 1. The van der Waals surface area contributed by atoms with E-state index in [1.54, 1.807) is 6.92 Å². The van der Waals surface area contributed by atoms with E-state index in [9.17, 15) is 17.6 Å². The molecule has 1 amide bonds. The molecule has 25 heavy (non-hydrogen) atoms. The van der Waals surface area contributed by atoms with Gasteiger partial charge >= 0.3 is 0 Å². The third kappa shape index (κ3) is 5.15. The van der Waals surface area contributed by atoms with Crippen LogP contribution in [0.2, 0.25) is 10.0 Å². The van der Waals surface area contributed by atoms with Gasteiger partial charge in [0.25, 0.3) is 0 Å². The van der Waals surface area contributed by atoms with E-state index in [4.69, 9.17) is 23.2 Å². The van der Waals surface area contributed by atoms with Crippen molar-refractivity contribution in [3.05, 3.63) is 58.3 Å². The lowest BCUT2D eigenvalue weighted by molar-refractivity contribution is -0.116. The Labute approximate surface area is 155 Å². The average molecular weight is 405 g/mol. The van der Waals surface area contributed by atoms with Gasteiger partial charge in [-0.3, -0.25) is 4.79 Å². The molecular formula is C16H15Cl2FN2O3S. The molecule has 0 aliphatic rings. The van der Waals surface area contributed by atoms with Crippen molar-refractivity contribution in [3.8, 4) is 0 Å². The zero-order valence-corrected chi connectivity index (χ0v) is 15.5. The molecule has 0 spiro atoms. The summed E-state index contributed by atoms with van der Waals surface area (Å²) in [6.07, 6.45) is 0. The third-order valence-corrected chi connectivity index (χ3v) is 5.64. The van der Waals surface area contributed by atoms with E-state index in [2.05, 4.69) is 5.32 Å². The molecule has 0 unspecified atom stereocenters. The fourth-order valence-corrected chi connectivity index (χ4v) is 4.04. The van der Waals surface area contributed by atoms with Gasteiger partial charge in [-0.2, -0.15) is 4.31 Å². The maximum atomic E-state index is 13.0. The fraction of sp³-hybridized carbons (Fsp3) is 0.188. The molecule has 0 aliphatic carbocycles. The first-order valence-electron chi connectivity index (χ1n) is 7.24. The first kappa shape index (κ1) is 19.7. The summed E-state index contributed by atoms with van der Waals surface area (Å²) in [5.41, 5.74) is 0.359. The number of anilines is 1.